The summed E-state index contributed by atoms with van der Waals surface area (Å²) in [4.78, 5) is 122. The van der Waals surface area contributed by atoms with Crippen molar-refractivity contribution < 1.29 is 79.2 Å². The van der Waals surface area contributed by atoms with Crippen LogP contribution in [0.3, 0.4) is 0 Å². The molecule has 32 heteroatoms. The number of anilines is 2. The number of ether oxygens (including phenoxy) is 4. The second-order valence-corrected chi connectivity index (χ2v) is 41.1. The number of nitrogens with one attached hydrogen (secondary N) is 6. The Labute approximate surface area is 739 Å². The summed E-state index contributed by atoms with van der Waals surface area (Å²) < 4.78 is 79.3. The molecule has 4 aliphatic carbocycles. The molecule has 6 fully saturated rings. The van der Waals surface area contributed by atoms with Crippen LogP contribution in [0, 0.1) is 22.7 Å². The van der Waals surface area contributed by atoms with Crippen molar-refractivity contribution in [3.05, 3.63) is 216 Å². The molecular weight excluding hydrogens is 1680 g/mol. The third-order valence-electron chi connectivity index (χ3n) is 23.6. The SMILES string of the molecule is C=C[C@@H]1C[C@]1(NC(=O)[C@@H]1C[C@@H](Oc2ncc(OC)c3ccc(Cl)cc23)CN1C(=O)C(Nc1ccc(C(=O)CC(C)(C)c2ccccc2)cc1)C(C)(C)C)C(=O)NS(=O)(=O)C1CC1.C=C[C@@H]1C[C@]1(NC(=O)[C@@H]1C[C@@H](Oc2ncc(OC)c3ccc(Cl)cc23)CN1C(=O)C(Nc1ccc(C(=O)O)cc1)C(C)(C)C)C(=O)NS(=O)(=O)C1CC1.CC(C)(N)c1ccccc1. The predicted molar refractivity (Wildman–Crippen MR) is 480 cm³/mol. The van der Waals surface area contributed by atoms with Crippen molar-refractivity contribution >= 4 is 123 Å². The number of fused-ring (bicyclic) bond motifs is 2. The van der Waals surface area contributed by atoms with Crippen molar-refractivity contribution in [1.29, 1.82) is 0 Å². The zero-order valence-corrected chi connectivity index (χ0v) is 75.2. The summed E-state index contributed by atoms with van der Waals surface area (Å²) in [5.41, 5.74) is 4.67. The summed E-state index contributed by atoms with van der Waals surface area (Å²) in [5, 5.41) is 23.7. The van der Waals surface area contributed by atoms with Crippen molar-refractivity contribution in [3.63, 3.8) is 0 Å². The third kappa shape index (κ3) is 21.5. The molecule has 664 valence electrons. The van der Waals surface area contributed by atoms with Gasteiger partial charge in [-0.1, -0.05) is 151 Å². The zero-order chi connectivity index (χ0) is 90.8. The lowest BCUT2D eigenvalue weighted by molar-refractivity contribution is -0.141. The number of carbonyl (C=O) groups is 8. The first kappa shape index (κ1) is 93.0. The molecular formula is C93H109Cl2N11O17S2. The standard InChI is InChI=1S/C47H54ClN5O8S.C37H42ClN5O9S.C9H13N/c1-8-29-24-47(29,44(57)52-62(58,59)34-19-20-34)51-41(55)37-23-33(61-42-36-22-31(48)16-21-35(36)39(60-7)26-49-42)27-53(37)43(56)40(45(2,3)4)50-32-17-14-28(15-18-32)38(54)25-46(5,6)30-12-10-9-11-13-30;1-6-21-17-37(21,35(48)42-53(49,50)25-12-13-25)41-31(44)28-16-24(52-32-27-15-22(38)9-14-26(27)29(51-5)18-39-32)19-43(28)33(45)30(36(2,3)4)40-23-10-7-20(8-11-23)34(46)47;1-9(2,10)8-6-4-3-5-7-8/h8-18,21-22,26,29,33-34,37,40,50H,1,19-20,23-25,27H2,2-7H3,(H,51,55)(H,52,57);6-11,14-15,18,21,24-25,28,30,40H,1,12-13,16-17,19H2,2-5H3,(H,41,44)(H,42,48)(H,46,47);3-7H,10H2,1-2H3/t29-,33-,37+,40?,47-;21-,24-,28+,30?,37-;/m11./s1. The van der Waals surface area contributed by atoms with Crippen molar-refractivity contribution in [1.82, 2.24) is 39.8 Å². The van der Waals surface area contributed by atoms with Gasteiger partial charge in [-0.05, 0) is 165 Å². The molecule has 14 rings (SSSR count). The number of pyridine rings is 2. The van der Waals surface area contributed by atoms with Gasteiger partial charge < -0.3 is 60.9 Å². The Morgan fingerprint density at radius 2 is 0.920 bits per heavy atom. The van der Waals surface area contributed by atoms with E-state index in [0.29, 0.717) is 92.1 Å². The fourth-order valence-electron chi connectivity index (χ4n) is 15.7. The van der Waals surface area contributed by atoms with Gasteiger partial charge >= 0.3 is 5.97 Å². The maximum atomic E-state index is 15.0. The number of carboxylic acids is 1. The molecule has 28 nitrogen and oxygen atoms in total. The van der Waals surface area contributed by atoms with E-state index >= 15 is 0 Å². The van der Waals surface area contributed by atoms with Gasteiger partial charge in [-0.2, -0.15) is 0 Å². The van der Waals surface area contributed by atoms with E-state index in [0.717, 1.165) is 5.56 Å². The third-order valence-corrected chi connectivity index (χ3v) is 27.7. The first-order chi connectivity index (χ1) is 58.8. The predicted octanol–water partition coefficient (Wildman–Crippen LogP) is 13.0. The molecule has 2 aromatic heterocycles. The highest BCUT2D eigenvalue weighted by atomic mass is 35.5. The van der Waals surface area contributed by atoms with Crippen LogP contribution in [0.2, 0.25) is 10.0 Å². The number of methoxy groups -OCH3 is 2. The molecule has 0 spiro atoms. The monoisotopic (exact) mass is 1790 g/mol. The van der Waals surface area contributed by atoms with Crippen LogP contribution in [0.1, 0.15) is 159 Å². The molecule has 8 aromatic rings. The molecule has 4 heterocycles. The summed E-state index contributed by atoms with van der Waals surface area (Å²) in [6.45, 7) is 26.9. The number of aromatic carboxylic acids is 1. The Morgan fingerprint density at radius 3 is 1.25 bits per heavy atom. The van der Waals surface area contributed by atoms with Crippen molar-refractivity contribution in [3.8, 4) is 23.3 Å². The number of carboxylic acid groups (broad SMARTS) is 1. The Balaban J connectivity index is 0.000000206. The molecule has 9 N–H and O–H groups in total. The highest BCUT2D eigenvalue weighted by molar-refractivity contribution is 7.91. The Bertz CT molecular complexity index is 5690. The van der Waals surface area contributed by atoms with E-state index in [-0.39, 0.29) is 72.8 Å². The van der Waals surface area contributed by atoms with Crippen LogP contribution in [0.25, 0.3) is 21.5 Å². The minimum absolute atomic E-state index is 0.00827. The molecule has 0 bridgehead atoms. The quantitative estimate of drug-likeness (QED) is 0.0153. The van der Waals surface area contributed by atoms with Gasteiger partial charge in [-0.3, -0.25) is 43.0 Å². The van der Waals surface area contributed by atoms with Crippen molar-refractivity contribution in [2.75, 3.05) is 37.9 Å². The molecule has 6 aliphatic rings. The fourth-order valence-corrected chi connectivity index (χ4v) is 18.8. The summed E-state index contributed by atoms with van der Waals surface area (Å²) in [6.07, 6.45) is 6.97. The number of hydrogen-bond donors (Lipinski definition) is 8. The van der Waals surface area contributed by atoms with Gasteiger partial charge in [-0.25, -0.2) is 31.6 Å². The number of aromatic nitrogens is 2. The molecule has 6 amide bonds. The van der Waals surface area contributed by atoms with Crippen LogP contribution in [-0.2, 0) is 59.8 Å². The van der Waals surface area contributed by atoms with E-state index in [2.05, 4.69) is 53.8 Å². The summed E-state index contributed by atoms with van der Waals surface area (Å²) in [6, 6.07) is 39.3. The fraction of sp³-hybridized carbons (Fsp3) is 0.419. The van der Waals surface area contributed by atoms with Gasteiger partial charge in [0.2, 0.25) is 55.4 Å². The van der Waals surface area contributed by atoms with Gasteiger partial charge in [0.1, 0.15) is 59.0 Å². The number of halogens is 2. The lowest BCUT2D eigenvalue weighted by atomic mass is 9.79. The molecule has 10 atom stereocenters. The number of likely N-dealkylation sites (tertiary alicyclic amines) is 2. The van der Waals surface area contributed by atoms with Crippen LogP contribution in [-0.4, -0.2) is 174 Å². The number of carbonyl (C=O) groups excluding carboxylic acids is 7. The van der Waals surface area contributed by atoms with E-state index in [1.54, 1.807) is 72.8 Å². The highest BCUT2D eigenvalue weighted by Gasteiger charge is 2.64. The number of Topliss-reactive ketones (excluding diaryl/α,β-unsaturated/α-hetero) is 1. The normalized spacial score (nSPS) is 21.5. The van der Waals surface area contributed by atoms with Gasteiger partial charge in [-0.15, -0.1) is 13.2 Å². The van der Waals surface area contributed by atoms with E-state index < -0.39 is 142 Å². The second kappa shape index (κ2) is 36.8. The molecule has 4 saturated carbocycles. The second-order valence-electron chi connectivity index (χ2n) is 36.3. The first-order valence-electron chi connectivity index (χ1n) is 41.4. The number of nitrogens with zero attached hydrogens (tertiary/aromatic N) is 4. The largest absolute Gasteiger partial charge is 0.494 e. The van der Waals surface area contributed by atoms with Crippen LogP contribution in [0.4, 0.5) is 11.4 Å². The van der Waals surface area contributed by atoms with E-state index in [4.69, 9.17) is 47.9 Å². The van der Waals surface area contributed by atoms with Crippen LogP contribution in [0.15, 0.2) is 183 Å². The van der Waals surface area contributed by atoms with E-state index in [9.17, 15) is 60.3 Å². The molecule has 125 heavy (non-hydrogen) atoms. The van der Waals surface area contributed by atoms with Gasteiger partial charge in [0.15, 0.2) is 5.78 Å². The van der Waals surface area contributed by atoms with Crippen LogP contribution in [0.5, 0.6) is 23.3 Å². The van der Waals surface area contributed by atoms with Gasteiger partial charge in [0, 0.05) is 85.2 Å². The minimum Gasteiger partial charge on any atom is -0.494 e. The lowest BCUT2D eigenvalue weighted by Gasteiger charge is -2.36. The smallest absolute Gasteiger partial charge is 0.335 e. The van der Waals surface area contributed by atoms with E-state index in [1.807, 2.05) is 130 Å². The van der Waals surface area contributed by atoms with Gasteiger partial charge in [0.05, 0.1) is 55.8 Å². The Morgan fingerprint density at radius 1 is 0.544 bits per heavy atom. The van der Waals surface area contributed by atoms with Crippen LogP contribution >= 0.6 is 23.2 Å². The molecule has 2 aliphatic heterocycles. The number of benzene rings is 6. The average Bonchev–Trinajstić information content (AvgIpc) is 1.57. The minimum atomic E-state index is -3.92. The number of ketones is 1. The average molecular weight is 1790 g/mol. The van der Waals surface area contributed by atoms with Crippen LogP contribution < -0.4 is 55.4 Å². The molecule has 2 unspecified atom stereocenters. The topological polar surface area (TPSA) is 392 Å². The highest BCUT2D eigenvalue weighted by Crippen LogP contribution is 2.48. The van der Waals surface area contributed by atoms with Crippen molar-refractivity contribution in [2.45, 2.75) is 196 Å². The molecule has 6 aromatic carbocycles. The summed E-state index contributed by atoms with van der Waals surface area (Å²) >= 11 is 12.7. The Hall–Kier alpha value is -11.2. The molecule has 0 radical (unpaired) electrons. The van der Waals surface area contributed by atoms with E-state index in [1.165, 1.54) is 66.3 Å². The number of nitrogens with two attached hydrogens (primary N) is 1. The number of rotatable bonds is 30. The summed E-state index contributed by atoms with van der Waals surface area (Å²) in [5.74, 6) is -4.59. The number of sulfonamides is 2. The van der Waals surface area contributed by atoms with Crippen molar-refractivity contribution in [2.24, 2.45) is 28.4 Å². The van der Waals surface area contributed by atoms with Gasteiger partial charge in [0.25, 0.3) is 11.8 Å². The number of hydrogen-bond acceptors (Lipinski definition) is 21. The zero-order valence-electron chi connectivity index (χ0n) is 72.0. The lowest BCUT2D eigenvalue weighted by Crippen LogP contribution is -2.58. The Kier molecular flexibility index (Phi) is 27.4. The number of amides is 6. The molecule has 2 saturated heterocycles. The maximum Gasteiger partial charge on any atom is 0.335 e. The maximum absolute atomic E-state index is 15.0. The first-order valence-corrected chi connectivity index (χ1v) is 45.3. The summed E-state index contributed by atoms with van der Waals surface area (Å²) in [7, 11) is -4.78.